The third kappa shape index (κ3) is 4.46. The first kappa shape index (κ1) is 15.8. The largest absolute Gasteiger partial charge is 0.497 e. The van der Waals surface area contributed by atoms with Gasteiger partial charge in [0.25, 0.3) is 0 Å². The lowest BCUT2D eigenvalue weighted by atomic mass is 10.1. The van der Waals surface area contributed by atoms with Crippen molar-refractivity contribution in [3.05, 3.63) is 63.6 Å². The normalized spacial score (nSPS) is 10.4. The van der Waals surface area contributed by atoms with Gasteiger partial charge in [0, 0.05) is 10.6 Å². The molecule has 0 aliphatic carbocycles. The van der Waals surface area contributed by atoms with Crippen LogP contribution in [0.3, 0.4) is 0 Å². The van der Waals surface area contributed by atoms with E-state index < -0.39 is 0 Å². The molecule has 0 amide bonds. The number of carbonyl (C=O) groups is 1. The van der Waals surface area contributed by atoms with Gasteiger partial charge < -0.3 is 9.47 Å². The van der Waals surface area contributed by atoms with E-state index in [1.54, 1.807) is 25.3 Å². The van der Waals surface area contributed by atoms with Crippen molar-refractivity contribution >= 4 is 29.0 Å². The number of ether oxygens (including phenoxy) is 2. The van der Waals surface area contributed by atoms with Crippen molar-refractivity contribution < 1.29 is 14.3 Å². The Hall–Kier alpha value is -1.55. The van der Waals surface area contributed by atoms with Crippen LogP contribution in [0.4, 0.5) is 0 Å². The summed E-state index contributed by atoms with van der Waals surface area (Å²) in [5, 5.41) is 0.843. The molecule has 0 fully saturated rings. The lowest BCUT2D eigenvalue weighted by Crippen LogP contribution is -2.09. The maximum atomic E-state index is 12.0. The van der Waals surface area contributed by atoms with E-state index in [-0.39, 0.29) is 12.4 Å². The standard InChI is InChI=1S/C16H14Cl2O3/c1-20-13-5-2-11(3-6-13)9-21-10-16(19)14-8-12(17)4-7-15(14)18/h2-8H,9-10H2,1H3. The highest BCUT2D eigenvalue weighted by atomic mass is 35.5. The van der Waals surface area contributed by atoms with Gasteiger partial charge in [-0.3, -0.25) is 4.79 Å². The van der Waals surface area contributed by atoms with Crippen molar-refractivity contribution in [2.45, 2.75) is 6.61 Å². The Labute approximate surface area is 133 Å². The predicted octanol–water partition coefficient (Wildman–Crippen LogP) is 4.40. The fraction of sp³-hybridized carbons (Fsp3) is 0.188. The van der Waals surface area contributed by atoms with Crippen molar-refractivity contribution in [2.24, 2.45) is 0 Å². The molecule has 0 heterocycles. The summed E-state index contributed by atoms with van der Waals surface area (Å²) in [6.07, 6.45) is 0. The highest BCUT2D eigenvalue weighted by molar-refractivity contribution is 6.35. The van der Waals surface area contributed by atoms with Gasteiger partial charge in [-0.1, -0.05) is 35.3 Å². The number of halogens is 2. The van der Waals surface area contributed by atoms with E-state index >= 15 is 0 Å². The van der Waals surface area contributed by atoms with Crippen LogP contribution in [-0.4, -0.2) is 19.5 Å². The zero-order valence-corrected chi connectivity index (χ0v) is 12.9. The van der Waals surface area contributed by atoms with E-state index in [1.165, 1.54) is 0 Å². The van der Waals surface area contributed by atoms with Gasteiger partial charge in [0.1, 0.15) is 12.4 Å². The minimum absolute atomic E-state index is 0.0495. The zero-order valence-electron chi connectivity index (χ0n) is 11.4. The molecule has 3 nitrogen and oxygen atoms in total. The monoisotopic (exact) mass is 324 g/mol. The molecule has 2 rings (SSSR count). The van der Waals surface area contributed by atoms with E-state index in [4.69, 9.17) is 32.7 Å². The topological polar surface area (TPSA) is 35.5 Å². The molecule has 0 spiro atoms. The van der Waals surface area contributed by atoms with Crippen LogP contribution in [0.5, 0.6) is 5.75 Å². The lowest BCUT2D eigenvalue weighted by Gasteiger charge is -2.07. The van der Waals surface area contributed by atoms with Crippen LogP contribution in [0.1, 0.15) is 15.9 Å². The third-order valence-corrected chi connectivity index (χ3v) is 3.45. The Balaban J connectivity index is 1.90. The smallest absolute Gasteiger partial charge is 0.190 e. The van der Waals surface area contributed by atoms with Crippen LogP contribution < -0.4 is 4.74 Å². The number of hydrogen-bond donors (Lipinski definition) is 0. The molecule has 0 aliphatic heterocycles. The van der Waals surface area contributed by atoms with Gasteiger partial charge in [-0.05, 0) is 35.9 Å². The Morgan fingerprint density at radius 3 is 2.48 bits per heavy atom. The summed E-state index contributed by atoms with van der Waals surface area (Å²) in [7, 11) is 1.61. The molecule has 0 aliphatic rings. The van der Waals surface area contributed by atoms with Crippen LogP contribution in [0.25, 0.3) is 0 Å². The first-order chi connectivity index (χ1) is 10.1. The molecule has 110 valence electrons. The molecule has 0 unspecified atom stereocenters. The summed E-state index contributed by atoms with van der Waals surface area (Å²) in [4.78, 5) is 12.0. The summed E-state index contributed by atoms with van der Waals surface area (Å²) in [5.74, 6) is 0.580. The molecule has 0 bridgehead atoms. The summed E-state index contributed by atoms with van der Waals surface area (Å²) >= 11 is 11.8. The van der Waals surface area contributed by atoms with E-state index in [9.17, 15) is 4.79 Å². The maximum absolute atomic E-state index is 12.0. The number of carbonyl (C=O) groups excluding carboxylic acids is 1. The lowest BCUT2D eigenvalue weighted by molar-refractivity contribution is 0.0726. The molecule has 0 N–H and O–H groups in total. The summed E-state index contributed by atoms with van der Waals surface area (Å²) < 4.78 is 10.5. The Kier molecular flexibility index (Phi) is 5.62. The van der Waals surface area contributed by atoms with Crippen molar-refractivity contribution in [3.8, 4) is 5.75 Å². The number of rotatable bonds is 6. The molecule has 0 aromatic heterocycles. The Morgan fingerprint density at radius 2 is 1.81 bits per heavy atom. The van der Waals surface area contributed by atoms with E-state index in [0.29, 0.717) is 22.2 Å². The average Bonchev–Trinajstić information content (AvgIpc) is 2.50. The second-order valence-electron chi connectivity index (χ2n) is 4.39. The van der Waals surface area contributed by atoms with E-state index in [0.717, 1.165) is 11.3 Å². The quantitative estimate of drug-likeness (QED) is 0.739. The molecule has 2 aromatic carbocycles. The summed E-state index contributed by atoms with van der Waals surface area (Å²) in [6, 6.07) is 12.2. The Morgan fingerprint density at radius 1 is 1.10 bits per heavy atom. The van der Waals surface area contributed by atoms with Gasteiger partial charge >= 0.3 is 0 Å². The molecule has 0 saturated carbocycles. The van der Waals surface area contributed by atoms with Gasteiger partial charge in [-0.2, -0.15) is 0 Å². The van der Waals surface area contributed by atoms with Crippen molar-refractivity contribution in [3.63, 3.8) is 0 Å². The second kappa shape index (κ2) is 7.46. The van der Waals surface area contributed by atoms with Crippen LogP contribution in [0, 0.1) is 0 Å². The van der Waals surface area contributed by atoms with Crippen molar-refractivity contribution in [2.75, 3.05) is 13.7 Å². The van der Waals surface area contributed by atoms with E-state index in [1.807, 2.05) is 24.3 Å². The zero-order chi connectivity index (χ0) is 15.2. The molecule has 21 heavy (non-hydrogen) atoms. The highest BCUT2D eigenvalue weighted by Gasteiger charge is 2.11. The molecular formula is C16H14Cl2O3. The van der Waals surface area contributed by atoms with Crippen molar-refractivity contribution in [1.29, 1.82) is 0 Å². The number of hydrogen-bond acceptors (Lipinski definition) is 3. The minimum atomic E-state index is -0.198. The SMILES string of the molecule is COc1ccc(COCC(=O)c2cc(Cl)ccc2Cl)cc1. The van der Waals surface area contributed by atoms with Gasteiger partial charge in [0.05, 0.1) is 18.7 Å². The molecule has 0 radical (unpaired) electrons. The summed E-state index contributed by atoms with van der Waals surface area (Å²) in [6.45, 7) is 0.292. The van der Waals surface area contributed by atoms with Gasteiger partial charge in [-0.25, -0.2) is 0 Å². The fourth-order valence-electron chi connectivity index (χ4n) is 1.77. The molecule has 0 saturated heterocycles. The van der Waals surface area contributed by atoms with Gasteiger partial charge in [-0.15, -0.1) is 0 Å². The maximum Gasteiger partial charge on any atom is 0.190 e. The Bertz CT molecular complexity index is 624. The number of ketones is 1. The molecule has 2 aromatic rings. The predicted molar refractivity (Wildman–Crippen MR) is 83.4 cm³/mol. The van der Waals surface area contributed by atoms with Crippen LogP contribution in [0.2, 0.25) is 10.0 Å². The van der Waals surface area contributed by atoms with Crippen LogP contribution in [0.15, 0.2) is 42.5 Å². The minimum Gasteiger partial charge on any atom is -0.497 e. The number of methoxy groups -OCH3 is 1. The van der Waals surface area contributed by atoms with Crippen LogP contribution >= 0.6 is 23.2 Å². The first-order valence-electron chi connectivity index (χ1n) is 6.29. The first-order valence-corrected chi connectivity index (χ1v) is 7.04. The molecule has 0 atom stereocenters. The third-order valence-electron chi connectivity index (χ3n) is 2.89. The van der Waals surface area contributed by atoms with Crippen LogP contribution in [-0.2, 0) is 11.3 Å². The number of Topliss-reactive ketones (excluding diaryl/α,β-unsaturated/α-hetero) is 1. The summed E-state index contributed by atoms with van der Waals surface area (Å²) in [5.41, 5.74) is 1.33. The molecular weight excluding hydrogens is 311 g/mol. The average molecular weight is 325 g/mol. The van der Waals surface area contributed by atoms with E-state index in [2.05, 4.69) is 0 Å². The van der Waals surface area contributed by atoms with Gasteiger partial charge in [0.2, 0.25) is 0 Å². The highest BCUT2D eigenvalue weighted by Crippen LogP contribution is 2.21. The number of benzene rings is 2. The second-order valence-corrected chi connectivity index (χ2v) is 5.23. The van der Waals surface area contributed by atoms with Crippen molar-refractivity contribution in [1.82, 2.24) is 0 Å². The fourth-order valence-corrected chi connectivity index (χ4v) is 2.17. The molecule has 5 heteroatoms. The van der Waals surface area contributed by atoms with Gasteiger partial charge in [0.15, 0.2) is 5.78 Å².